The van der Waals surface area contributed by atoms with Crippen LogP contribution < -0.4 is 24.4 Å². The Hall–Kier alpha value is -4.46. The van der Waals surface area contributed by atoms with E-state index in [-0.39, 0.29) is 47.6 Å². The first-order valence-corrected chi connectivity index (χ1v) is 13.2. The number of hydrogen-bond acceptors (Lipinski definition) is 7. The van der Waals surface area contributed by atoms with Crippen LogP contribution in [0.1, 0.15) is 28.3 Å². The second kappa shape index (κ2) is 12.4. The SMILES string of the molecule is COc1cc(F)c([C@@H]2CN(c3cccnc3OC3CCOC3)C(=O)C2CNC(=O)c2ccc(OC(F)(F)F)cc2)c(F)c1. The predicted molar refractivity (Wildman–Crippen MR) is 141 cm³/mol. The van der Waals surface area contributed by atoms with E-state index in [1.54, 1.807) is 12.1 Å². The molecule has 14 heteroatoms. The van der Waals surface area contributed by atoms with E-state index < -0.39 is 47.4 Å². The summed E-state index contributed by atoms with van der Waals surface area (Å²) in [5.74, 6) is -5.73. The fourth-order valence-electron chi connectivity index (χ4n) is 5.11. The average Bonchev–Trinajstić information content (AvgIpc) is 3.59. The fraction of sp³-hybridized carbons (Fsp3) is 0.345. The van der Waals surface area contributed by atoms with Crippen molar-refractivity contribution in [3.05, 3.63) is 77.5 Å². The smallest absolute Gasteiger partial charge is 0.497 e. The minimum Gasteiger partial charge on any atom is -0.497 e. The van der Waals surface area contributed by atoms with Crippen LogP contribution in [0, 0.1) is 17.6 Å². The number of benzene rings is 2. The lowest BCUT2D eigenvalue weighted by Gasteiger charge is -2.21. The highest BCUT2D eigenvalue weighted by Crippen LogP contribution is 2.41. The van der Waals surface area contributed by atoms with Gasteiger partial charge in [0.25, 0.3) is 5.91 Å². The molecule has 0 bridgehead atoms. The second-order valence-corrected chi connectivity index (χ2v) is 9.88. The largest absolute Gasteiger partial charge is 0.573 e. The third kappa shape index (κ3) is 6.79. The van der Waals surface area contributed by atoms with Crippen LogP contribution in [0.5, 0.6) is 17.4 Å². The van der Waals surface area contributed by atoms with Gasteiger partial charge in [0, 0.05) is 54.9 Å². The fourth-order valence-corrected chi connectivity index (χ4v) is 5.11. The van der Waals surface area contributed by atoms with Crippen molar-refractivity contribution in [2.75, 3.05) is 38.3 Å². The lowest BCUT2D eigenvalue weighted by Crippen LogP contribution is -2.36. The van der Waals surface area contributed by atoms with E-state index in [1.807, 2.05) is 0 Å². The number of amides is 2. The number of rotatable bonds is 9. The molecule has 228 valence electrons. The standard InChI is InChI=1S/C29H26F5N3O6/c1-40-19-11-22(30)25(23(31)12-19)21-14-37(24-3-2-9-35-27(24)42-18-8-10-41-15-18)28(39)20(21)13-36-26(38)16-4-6-17(7-5-16)43-29(32,33)34/h2-7,9,11-12,18,20-21H,8,10,13-15H2,1H3,(H,36,38)/t18?,20?,21-/m1/s1. The molecule has 2 fully saturated rings. The van der Waals surface area contributed by atoms with Gasteiger partial charge >= 0.3 is 6.36 Å². The van der Waals surface area contributed by atoms with Gasteiger partial charge in [0.1, 0.15) is 34.9 Å². The summed E-state index contributed by atoms with van der Waals surface area (Å²) >= 11 is 0. The van der Waals surface area contributed by atoms with Gasteiger partial charge in [-0.25, -0.2) is 13.8 Å². The van der Waals surface area contributed by atoms with Gasteiger partial charge in [0.15, 0.2) is 0 Å². The first-order chi connectivity index (χ1) is 20.5. The zero-order valence-electron chi connectivity index (χ0n) is 22.7. The molecule has 2 amide bonds. The van der Waals surface area contributed by atoms with E-state index >= 15 is 8.78 Å². The molecule has 1 aromatic heterocycles. The topological polar surface area (TPSA) is 99.2 Å². The maximum absolute atomic E-state index is 15.3. The van der Waals surface area contributed by atoms with Gasteiger partial charge in [-0.3, -0.25) is 9.59 Å². The average molecular weight is 608 g/mol. The van der Waals surface area contributed by atoms with Crippen LogP contribution in [-0.2, 0) is 9.53 Å². The van der Waals surface area contributed by atoms with E-state index in [0.717, 1.165) is 36.4 Å². The van der Waals surface area contributed by atoms with Crippen LogP contribution in [0.3, 0.4) is 0 Å². The van der Waals surface area contributed by atoms with Crippen molar-refractivity contribution in [3.63, 3.8) is 0 Å². The molecule has 0 saturated carbocycles. The maximum Gasteiger partial charge on any atom is 0.573 e. The number of pyridine rings is 1. The molecule has 1 N–H and O–H groups in total. The zero-order valence-corrected chi connectivity index (χ0v) is 22.7. The monoisotopic (exact) mass is 607 g/mol. The Morgan fingerprint density at radius 3 is 2.47 bits per heavy atom. The van der Waals surface area contributed by atoms with E-state index in [4.69, 9.17) is 14.2 Å². The number of halogens is 5. The molecule has 5 rings (SSSR count). The summed E-state index contributed by atoms with van der Waals surface area (Å²) in [5, 5.41) is 2.56. The molecule has 2 aliphatic rings. The molecule has 2 aromatic carbocycles. The molecule has 2 aliphatic heterocycles. The molecule has 2 unspecified atom stereocenters. The first kappa shape index (κ1) is 30.0. The highest BCUT2D eigenvalue weighted by molar-refractivity contribution is 6.00. The van der Waals surface area contributed by atoms with Crippen molar-refractivity contribution >= 4 is 17.5 Å². The number of methoxy groups -OCH3 is 1. The van der Waals surface area contributed by atoms with Gasteiger partial charge in [-0.2, -0.15) is 0 Å². The van der Waals surface area contributed by atoms with Crippen LogP contribution in [-0.4, -0.2) is 62.7 Å². The summed E-state index contributed by atoms with van der Waals surface area (Å²) in [7, 11) is 1.26. The van der Waals surface area contributed by atoms with Crippen molar-refractivity contribution in [3.8, 4) is 17.4 Å². The normalized spacial score (nSPS) is 20.3. The number of alkyl halides is 3. The Morgan fingerprint density at radius 1 is 1.12 bits per heavy atom. The molecular formula is C29H26F5N3O6. The molecule has 3 heterocycles. The van der Waals surface area contributed by atoms with E-state index in [9.17, 15) is 22.8 Å². The van der Waals surface area contributed by atoms with Gasteiger partial charge < -0.3 is 29.2 Å². The van der Waals surface area contributed by atoms with Crippen LogP contribution in [0.25, 0.3) is 0 Å². The summed E-state index contributed by atoms with van der Waals surface area (Å²) in [6.07, 6.45) is -3.09. The van der Waals surface area contributed by atoms with Crippen molar-refractivity contribution < 1.29 is 50.5 Å². The van der Waals surface area contributed by atoms with Crippen LogP contribution in [0.15, 0.2) is 54.7 Å². The van der Waals surface area contributed by atoms with Crippen molar-refractivity contribution in [2.24, 2.45) is 5.92 Å². The van der Waals surface area contributed by atoms with E-state index in [1.165, 1.54) is 18.2 Å². The molecule has 0 aliphatic carbocycles. The molecule has 3 aromatic rings. The molecule has 3 atom stereocenters. The molecule has 43 heavy (non-hydrogen) atoms. The summed E-state index contributed by atoms with van der Waals surface area (Å²) in [4.78, 5) is 32.3. The number of nitrogens with zero attached hydrogens (tertiary/aromatic N) is 2. The summed E-state index contributed by atoms with van der Waals surface area (Å²) in [6, 6.07) is 9.36. The van der Waals surface area contributed by atoms with Crippen LogP contribution in [0.2, 0.25) is 0 Å². The van der Waals surface area contributed by atoms with Crippen molar-refractivity contribution in [1.29, 1.82) is 0 Å². The lowest BCUT2D eigenvalue weighted by atomic mass is 9.87. The van der Waals surface area contributed by atoms with E-state index in [0.29, 0.717) is 19.6 Å². The van der Waals surface area contributed by atoms with Crippen LogP contribution >= 0.6 is 0 Å². The lowest BCUT2D eigenvalue weighted by molar-refractivity contribution is -0.274. The van der Waals surface area contributed by atoms with Crippen molar-refractivity contribution in [1.82, 2.24) is 10.3 Å². The third-order valence-corrected chi connectivity index (χ3v) is 7.15. The summed E-state index contributed by atoms with van der Waals surface area (Å²) < 4.78 is 88.0. The number of anilines is 1. The number of nitrogens with one attached hydrogen (secondary N) is 1. The number of aromatic nitrogens is 1. The number of hydrogen-bond donors (Lipinski definition) is 1. The first-order valence-electron chi connectivity index (χ1n) is 13.2. The Labute approximate surface area is 242 Å². The molecule has 9 nitrogen and oxygen atoms in total. The Balaban J connectivity index is 1.41. The zero-order chi connectivity index (χ0) is 30.7. The molecule has 0 radical (unpaired) electrons. The predicted octanol–water partition coefficient (Wildman–Crippen LogP) is 4.61. The summed E-state index contributed by atoms with van der Waals surface area (Å²) in [6.45, 7) is 0.351. The molecule has 2 saturated heterocycles. The summed E-state index contributed by atoms with van der Waals surface area (Å²) in [5.41, 5.74) is -0.0928. The number of carbonyl (C=O) groups excluding carboxylic acids is 2. The minimum absolute atomic E-state index is 0.0167. The van der Waals surface area contributed by atoms with Crippen LogP contribution in [0.4, 0.5) is 27.6 Å². The quantitative estimate of drug-likeness (QED) is 0.355. The highest BCUT2D eigenvalue weighted by Gasteiger charge is 2.45. The van der Waals surface area contributed by atoms with Gasteiger partial charge in [-0.1, -0.05) is 0 Å². The Kier molecular flexibility index (Phi) is 8.67. The maximum atomic E-state index is 15.3. The van der Waals surface area contributed by atoms with E-state index in [2.05, 4.69) is 15.0 Å². The van der Waals surface area contributed by atoms with Gasteiger partial charge in [0.05, 0.1) is 26.2 Å². The van der Waals surface area contributed by atoms with Gasteiger partial charge in [0.2, 0.25) is 11.8 Å². The second-order valence-electron chi connectivity index (χ2n) is 9.88. The molecular weight excluding hydrogens is 581 g/mol. The Bertz CT molecular complexity index is 1460. The highest BCUT2D eigenvalue weighted by atomic mass is 19.4. The minimum atomic E-state index is -4.90. The number of ether oxygens (including phenoxy) is 4. The molecule has 0 spiro atoms. The third-order valence-electron chi connectivity index (χ3n) is 7.15. The van der Waals surface area contributed by atoms with Crippen molar-refractivity contribution in [2.45, 2.75) is 24.8 Å². The van der Waals surface area contributed by atoms with Gasteiger partial charge in [-0.15, -0.1) is 13.2 Å². The number of carbonyl (C=O) groups is 2. The Morgan fingerprint density at radius 2 is 1.84 bits per heavy atom. The van der Waals surface area contributed by atoms with Gasteiger partial charge in [-0.05, 0) is 36.4 Å².